The number of benzene rings is 3. The molecule has 0 aliphatic heterocycles. The third-order valence-corrected chi connectivity index (χ3v) is 4.82. The van der Waals surface area contributed by atoms with E-state index in [1.807, 2.05) is 6.92 Å². The van der Waals surface area contributed by atoms with E-state index in [0.29, 0.717) is 0 Å². The van der Waals surface area contributed by atoms with E-state index >= 15 is 0 Å². The molecule has 2 nitrogen and oxygen atoms in total. The van der Waals surface area contributed by atoms with Crippen LogP contribution < -0.4 is 9.47 Å². The van der Waals surface area contributed by atoms with Gasteiger partial charge in [0, 0.05) is 0 Å². The maximum Gasteiger partial charge on any atom is 0.432 e. The monoisotopic (exact) mass is 454 g/mol. The first-order chi connectivity index (χ1) is 15.1. The second kappa shape index (κ2) is 9.14. The van der Waals surface area contributed by atoms with Crippen molar-refractivity contribution in [2.24, 2.45) is 0 Å². The van der Waals surface area contributed by atoms with Crippen LogP contribution in [0.5, 0.6) is 11.5 Å². The average Bonchev–Trinajstić information content (AvgIpc) is 2.73. The van der Waals surface area contributed by atoms with Crippen molar-refractivity contribution in [3.63, 3.8) is 0 Å². The first-order valence-corrected chi connectivity index (χ1v) is 9.87. The molecule has 170 valence electrons. The van der Waals surface area contributed by atoms with Crippen LogP contribution in [0.2, 0.25) is 0 Å². The maximum absolute atomic E-state index is 14.4. The molecule has 0 fully saturated rings. The Balaban J connectivity index is 1.77. The summed E-state index contributed by atoms with van der Waals surface area (Å²) in [6, 6.07) is 11.0. The third-order valence-electron chi connectivity index (χ3n) is 4.82. The van der Waals surface area contributed by atoms with Crippen molar-refractivity contribution in [2.75, 3.05) is 0 Å². The lowest BCUT2D eigenvalue weighted by Crippen LogP contribution is -2.25. The van der Waals surface area contributed by atoms with Crippen LogP contribution >= 0.6 is 0 Å². The van der Waals surface area contributed by atoms with Crippen LogP contribution in [0.1, 0.15) is 36.1 Å². The summed E-state index contributed by atoms with van der Waals surface area (Å²) < 4.78 is 94.9. The fourth-order valence-electron chi connectivity index (χ4n) is 3.02. The Morgan fingerprint density at radius 2 is 1.06 bits per heavy atom. The predicted molar refractivity (Wildman–Crippen MR) is 107 cm³/mol. The standard InChI is InChI=1S/C24H20F6O2/c1-3-15-5-9-18(10-6-15)31-23(27,28)17-7-11-19(12-8-17)32-24(29,30)22-20(25)13-16(4-2)14-21(22)26/h5-14H,3-4H2,1-2H3. The zero-order valence-corrected chi connectivity index (χ0v) is 17.3. The molecule has 3 aromatic rings. The Labute approximate surface area is 181 Å². The van der Waals surface area contributed by atoms with Gasteiger partial charge in [-0.2, -0.15) is 17.6 Å². The number of rotatable bonds is 8. The highest BCUT2D eigenvalue weighted by Gasteiger charge is 2.41. The SMILES string of the molecule is CCc1ccc(OC(F)(F)c2ccc(OC(F)(F)c3c(F)cc(CC)cc3F)cc2)cc1. The minimum atomic E-state index is -4.36. The Morgan fingerprint density at radius 3 is 1.53 bits per heavy atom. The molecule has 0 bridgehead atoms. The number of halogens is 6. The molecule has 0 saturated heterocycles. The minimum Gasteiger partial charge on any atom is -0.429 e. The normalized spacial score (nSPS) is 12.0. The van der Waals surface area contributed by atoms with Crippen molar-refractivity contribution in [3.8, 4) is 11.5 Å². The quantitative estimate of drug-likeness (QED) is 0.332. The summed E-state index contributed by atoms with van der Waals surface area (Å²) in [4.78, 5) is 0. The van der Waals surface area contributed by atoms with Crippen molar-refractivity contribution in [3.05, 3.63) is 94.6 Å². The second-order valence-electron chi connectivity index (χ2n) is 7.05. The maximum atomic E-state index is 14.4. The van der Waals surface area contributed by atoms with Gasteiger partial charge in [-0.15, -0.1) is 0 Å². The number of ether oxygens (including phenoxy) is 2. The molecule has 3 aromatic carbocycles. The van der Waals surface area contributed by atoms with Crippen LogP contribution in [0.25, 0.3) is 0 Å². The first kappa shape index (κ1) is 23.5. The molecule has 0 saturated carbocycles. The Kier molecular flexibility index (Phi) is 6.71. The van der Waals surface area contributed by atoms with Gasteiger partial charge in [-0.1, -0.05) is 26.0 Å². The van der Waals surface area contributed by atoms with E-state index in [0.717, 1.165) is 48.4 Å². The van der Waals surface area contributed by atoms with E-state index in [1.54, 1.807) is 19.1 Å². The largest absolute Gasteiger partial charge is 0.432 e. The highest BCUT2D eigenvalue weighted by molar-refractivity contribution is 5.34. The number of hydrogen-bond acceptors (Lipinski definition) is 2. The van der Waals surface area contributed by atoms with Crippen molar-refractivity contribution in [1.82, 2.24) is 0 Å². The summed E-state index contributed by atoms with van der Waals surface area (Å²) >= 11 is 0. The lowest BCUT2D eigenvalue weighted by atomic mass is 10.1. The van der Waals surface area contributed by atoms with Gasteiger partial charge in [0.25, 0.3) is 0 Å². The highest BCUT2D eigenvalue weighted by Crippen LogP contribution is 2.37. The highest BCUT2D eigenvalue weighted by atomic mass is 19.3. The van der Waals surface area contributed by atoms with E-state index in [4.69, 9.17) is 4.74 Å². The molecule has 0 spiro atoms. The van der Waals surface area contributed by atoms with Crippen molar-refractivity contribution in [2.45, 2.75) is 38.9 Å². The van der Waals surface area contributed by atoms with Crippen LogP contribution in [0.4, 0.5) is 26.3 Å². The van der Waals surface area contributed by atoms with Gasteiger partial charge in [0.1, 0.15) is 28.7 Å². The predicted octanol–water partition coefficient (Wildman–Crippen LogP) is 7.35. The molecule has 0 atom stereocenters. The van der Waals surface area contributed by atoms with Crippen LogP contribution in [-0.4, -0.2) is 0 Å². The molecule has 32 heavy (non-hydrogen) atoms. The van der Waals surface area contributed by atoms with Gasteiger partial charge in [0.2, 0.25) is 0 Å². The van der Waals surface area contributed by atoms with Gasteiger partial charge in [-0.3, -0.25) is 0 Å². The summed E-state index contributed by atoms with van der Waals surface area (Å²) in [5.41, 5.74) is -1.02. The molecule has 0 aromatic heterocycles. The lowest BCUT2D eigenvalue weighted by Gasteiger charge is -2.21. The van der Waals surface area contributed by atoms with Crippen LogP contribution in [0.3, 0.4) is 0 Å². The van der Waals surface area contributed by atoms with Crippen LogP contribution in [0.15, 0.2) is 60.7 Å². The zero-order chi connectivity index (χ0) is 23.5. The number of aryl methyl sites for hydroxylation is 2. The van der Waals surface area contributed by atoms with E-state index in [1.165, 1.54) is 12.1 Å². The van der Waals surface area contributed by atoms with Gasteiger partial charge in [-0.05, 0) is 72.5 Å². The molecule has 8 heteroatoms. The molecule has 0 N–H and O–H groups in total. The Hall–Kier alpha value is -3.16. The smallest absolute Gasteiger partial charge is 0.429 e. The Bertz CT molecular complexity index is 1040. The second-order valence-corrected chi connectivity index (χ2v) is 7.05. The van der Waals surface area contributed by atoms with Gasteiger partial charge < -0.3 is 9.47 Å². The van der Waals surface area contributed by atoms with E-state index < -0.39 is 40.7 Å². The summed E-state index contributed by atoms with van der Waals surface area (Å²) in [7, 11) is 0. The summed E-state index contributed by atoms with van der Waals surface area (Å²) in [5.74, 6) is -3.55. The van der Waals surface area contributed by atoms with E-state index in [9.17, 15) is 26.3 Å². The summed E-state index contributed by atoms with van der Waals surface area (Å²) in [6.45, 7) is 3.53. The van der Waals surface area contributed by atoms with Crippen molar-refractivity contribution < 1.29 is 35.8 Å². The summed E-state index contributed by atoms with van der Waals surface area (Å²) in [6.07, 6.45) is -7.12. The molecule has 0 aliphatic rings. The van der Waals surface area contributed by atoms with Crippen LogP contribution in [-0.2, 0) is 25.1 Å². The average molecular weight is 454 g/mol. The molecular formula is C24H20F6O2. The van der Waals surface area contributed by atoms with Gasteiger partial charge in [0.15, 0.2) is 0 Å². The van der Waals surface area contributed by atoms with E-state index in [2.05, 4.69) is 4.74 Å². The molecule has 3 rings (SSSR count). The van der Waals surface area contributed by atoms with Gasteiger partial charge in [0.05, 0.1) is 5.56 Å². The molecular weight excluding hydrogens is 434 g/mol. The number of hydrogen-bond donors (Lipinski definition) is 0. The fraction of sp³-hybridized carbons (Fsp3) is 0.250. The molecule has 0 aliphatic carbocycles. The molecule has 0 unspecified atom stereocenters. The molecule has 0 heterocycles. The Morgan fingerprint density at radius 1 is 0.625 bits per heavy atom. The molecule has 0 radical (unpaired) electrons. The van der Waals surface area contributed by atoms with E-state index in [-0.39, 0.29) is 17.7 Å². The minimum absolute atomic E-state index is 0.0689. The van der Waals surface area contributed by atoms with Gasteiger partial charge >= 0.3 is 12.2 Å². The summed E-state index contributed by atoms with van der Waals surface area (Å²) in [5, 5.41) is 0. The van der Waals surface area contributed by atoms with Crippen molar-refractivity contribution >= 4 is 0 Å². The zero-order valence-electron chi connectivity index (χ0n) is 17.3. The molecule has 0 amide bonds. The topological polar surface area (TPSA) is 18.5 Å². The third kappa shape index (κ3) is 5.18. The number of alkyl halides is 4. The van der Waals surface area contributed by atoms with Gasteiger partial charge in [-0.25, -0.2) is 8.78 Å². The fourth-order valence-corrected chi connectivity index (χ4v) is 3.02. The van der Waals surface area contributed by atoms with Crippen molar-refractivity contribution in [1.29, 1.82) is 0 Å². The first-order valence-electron chi connectivity index (χ1n) is 9.87. The van der Waals surface area contributed by atoms with Crippen LogP contribution in [0, 0.1) is 11.6 Å². The lowest BCUT2D eigenvalue weighted by molar-refractivity contribution is -0.190.